The average molecular weight is 396 g/mol. The smallest absolute Gasteiger partial charge is 0.262 e. The van der Waals surface area contributed by atoms with Crippen LogP contribution in [0, 0.1) is 12.3 Å². The second-order valence-electron chi connectivity index (χ2n) is 7.56. The van der Waals surface area contributed by atoms with Crippen LogP contribution in [0.3, 0.4) is 0 Å². The monoisotopic (exact) mass is 395 g/mol. The van der Waals surface area contributed by atoms with Gasteiger partial charge >= 0.3 is 0 Å². The van der Waals surface area contributed by atoms with Gasteiger partial charge in [-0.05, 0) is 38.6 Å². The number of piperidine rings is 1. The molecule has 2 aromatic rings. The van der Waals surface area contributed by atoms with E-state index in [1.165, 1.54) is 0 Å². The lowest BCUT2D eigenvalue weighted by atomic mass is 9.93. The first kappa shape index (κ1) is 18.1. The van der Waals surface area contributed by atoms with Crippen molar-refractivity contribution in [1.29, 1.82) is 0 Å². The molecule has 1 unspecified atom stereocenters. The van der Waals surface area contributed by atoms with Crippen molar-refractivity contribution in [2.24, 2.45) is 12.5 Å². The second-order valence-corrected chi connectivity index (χ2v) is 10.4. The zero-order valence-corrected chi connectivity index (χ0v) is 17.1. The van der Waals surface area contributed by atoms with E-state index in [0.29, 0.717) is 25.0 Å². The van der Waals surface area contributed by atoms with Crippen LogP contribution in [0.5, 0.6) is 0 Å². The highest BCUT2D eigenvalue weighted by molar-refractivity contribution is 7.89. The maximum absolute atomic E-state index is 12.8. The molecule has 1 aliphatic carbocycles. The molecule has 1 atom stereocenters. The van der Waals surface area contributed by atoms with Gasteiger partial charge in [-0.25, -0.2) is 18.4 Å². The Balaban J connectivity index is 1.39. The van der Waals surface area contributed by atoms with Gasteiger partial charge in [-0.1, -0.05) is 0 Å². The third-order valence-electron chi connectivity index (χ3n) is 5.96. The second kappa shape index (κ2) is 6.40. The molecule has 0 aromatic carbocycles. The standard InChI is InChI=1S/C17H25N5O2S2/c1-13-19-16(12-20(13)2)26(23,24)22-7-4-17(5-8-22)10-14(17)21(3)11-15-18-6-9-25-15/h6,9,12,14H,4-5,7-8,10-11H2,1-3H3. The van der Waals surface area contributed by atoms with Crippen LogP contribution in [0.4, 0.5) is 0 Å². The van der Waals surface area contributed by atoms with Gasteiger partial charge in [-0.3, -0.25) is 4.90 Å². The zero-order valence-electron chi connectivity index (χ0n) is 15.4. The zero-order chi connectivity index (χ0) is 18.5. The molecule has 4 rings (SSSR count). The number of hydrogen-bond acceptors (Lipinski definition) is 6. The molecule has 0 bridgehead atoms. The molecule has 2 aliphatic rings. The van der Waals surface area contributed by atoms with Crippen molar-refractivity contribution in [3.8, 4) is 0 Å². The lowest BCUT2D eigenvalue weighted by Gasteiger charge is -2.32. The topological polar surface area (TPSA) is 71.3 Å². The summed E-state index contributed by atoms with van der Waals surface area (Å²) >= 11 is 1.69. The first-order valence-electron chi connectivity index (χ1n) is 8.91. The van der Waals surface area contributed by atoms with Crippen molar-refractivity contribution in [3.63, 3.8) is 0 Å². The minimum Gasteiger partial charge on any atom is -0.337 e. The van der Waals surface area contributed by atoms with Crippen LogP contribution < -0.4 is 0 Å². The van der Waals surface area contributed by atoms with Crippen LogP contribution in [0.1, 0.15) is 30.1 Å². The molecule has 1 spiro atoms. The van der Waals surface area contributed by atoms with E-state index >= 15 is 0 Å². The molecule has 2 fully saturated rings. The molecule has 26 heavy (non-hydrogen) atoms. The maximum atomic E-state index is 12.8. The number of aryl methyl sites for hydroxylation is 2. The summed E-state index contributed by atoms with van der Waals surface area (Å²) in [7, 11) is 0.487. The Hall–Kier alpha value is -1.29. The first-order chi connectivity index (χ1) is 12.3. The number of aromatic nitrogens is 3. The normalized spacial score (nSPS) is 23.0. The molecule has 0 N–H and O–H groups in total. The first-order valence-corrected chi connectivity index (χ1v) is 11.2. The lowest BCUT2D eigenvalue weighted by molar-refractivity contribution is 0.196. The van der Waals surface area contributed by atoms with E-state index in [4.69, 9.17) is 0 Å². The van der Waals surface area contributed by atoms with Crippen molar-refractivity contribution in [2.45, 2.75) is 43.8 Å². The summed E-state index contributed by atoms with van der Waals surface area (Å²) in [6.07, 6.45) is 6.46. The fourth-order valence-corrected chi connectivity index (χ4v) is 6.24. The van der Waals surface area contributed by atoms with Gasteiger partial charge in [0.2, 0.25) is 0 Å². The Bertz CT molecular complexity index is 863. The Morgan fingerprint density at radius 2 is 2.12 bits per heavy atom. The van der Waals surface area contributed by atoms with E-state index in [1.807, 2.05) is 25.5 Å². The summed E-state index contributed by atoms with van der Waals surface area (Å²) in [5, 5.41) is 3.32. The molecule has 2 aromatic heterocycles. The largest absolute Gasteiger partial charge is 0.337 e. The summed E-state index contributed by atoms with van der Waals surface area (Å²) in [5.74, 6) is 0.711. The minimum atomic E-state index is -3.49. The van der Waals surface area contributed by atoms with Gasteiger partial charge in [0.1, 0.15) is 10.8 Å². The Morgan fingerprint density at radius 3 is 2.69 bits per heavy atom. The summed E-state index contributed by atoms with van der Waals surface area (Å²) in [5.41, 5.74) is 0.276. The van der Waals surface area contributed by atoms with Gasteiger partial charge < -0.3 is 4.57 Å². The van der Waals surface area contributed by atoms with Crippen molar-refractivity contribution < 1.29 is 8.42 Å². The third kappa shape index (κ3) is 3.11. The SMILES string of the molecule is Cc1nc(S(=O)(=O)N2CCC3(CC2)CC3N(C)Cc2nccs2)cn1C. The van der Waals surface area contributed by atoms with Crippen LogP contribution in [-0.4, -0.2) is 58.3 Å². The van der Waals surface area contributed by atoms with E-state index in [1.54, 1.807) is 26.4 Å². The number of hydrogen-bond donors (Lipinski definition) is 0. The highest BCUT2D eigenvalue weighted by atomic mass is 32.2. The highest BCUT2D eigenvalue weighted by Crippen LogP contribution is 2.56. The Kier molecular flexibility index (Phi) is 4.45. The van der Waals surface area contributed by atoms with E-state index < -0.39 is 10.0 Å². The molecule has 1 saturated carbocycles. The van der Waals surface area contributed by atoms with Gasteiger partial charge in [0.05, 0.1) is 6.54 Å². The number of rotatable bonds is 5. The molecular weight excluding hydrogens is 370 g/mol. The lowest BCUT2D eigenvalue weighted by Crippen LogP contribution is -2.41. The fraction of sp³-hybridized carbons (Fsp3) is 0.647. The van der Waals surface area contributed by atoms with Crippen molar-refractivity contribution in [1.82, 2.24) is 23.7 Å². The van der Waals surface area contributed by atoms with E-state index in [0.717, 1.165) is 30.8 Å². The van der Waals surface area contributed by atoms with E-state index in [2.05, 4.69) is 21.9 Å². The number of nitrogens with zero attached hydrogens (tertiary/aromatic N) is 5. The average Bonchev–Trinajstić information content (AvgIpc) is 2.93. The van der Waals surface area contributed by atoms with Crippen LogP contribution in [0.15, 0.2) is 22.8 Å². The van der Waals surface area contributed by atoms with Crippen molar-refractivity contribution in [3.05, 3.63) is 28.6 Å². The molecule has 142 valence electrons. The summed E-state index contributed by atoms with van der Waals surface area (Å²) in [4.78, 5) is 11.0. The predicted octanol–water partition coefficient (Wildman–Crippen LogP) is 1.86. The predicted molar refractivity (Wildman–Crippen MR) is 100 cm³/mol. The van der Waals surface area contributed by atoms with Crippen LogP contribution in [0.25, 0.3) is 0 Å². The molecule has 0 amide bonds. The van der Waals surface area contributed by atoms with Gasteiger partial charge in [0, 0.05) is 44.0 Å². The number of thiazole rings is 1. The number of imidazole rings is 1. The molecule has 1 saturated heterocycles. The van der Waals surface area contributed by atoms with Gasteiger partial charge in [-0.15, -0.1) is 11.3 Å². The quantitative estimate of drug-likeness (QED) is 0.773. The molecule has 9 heteroatoms. The van der Waals surface area contributed by atoms with Gasteiger partial charge in [-0.2, -0.15) is 4.31 Å². The molecule has 1 aliphatic heterocycles. The minimum absolute atomic E-state index is 0.168. The van der Waals surface area contributed by atoms with Crippen LogP contribution >= 0.6 is 11.3 Å². The van der Waals surface area contributed by atoms with Crippen LogP contribution in [0.2, 0.25) is 0 Å². The van der Waals surface area contributed by atoms with E-state index in [-0.39, 0.29) is 10.4 Å². The highest BCUT2D eigenvalue weighted by Gasteiger charge is 2.57. The fourth-order valence-electron chi connectivity index (χ4n) is 4.10. The number of sulfonamides is 1. The molecule has 3 heterocycles. The molecular formula is C17H25N5O2S2. The van der Waals surface area contributed by atoms with Crippen LogP contribution in [-0.2, 0) is 23.6 Å². The van der Waals surface area contributed by atoms with Crippen molar-refractivity contribution >= 4 is 21.4 Å². The van der Waals surface area contributed by atoms with Crippen molar-refractivity contribution in [2.75, 3.05) is 20.1 Å². The molecule has 0 radical (unpaired) electrons. The Labute approximate surface area is 158 Å². The summed E-state index contributed by atoms with van der Waals surface area (Å²) in [6.45, 7) is 3.86. The van der Waals surface area contributed by atoms with Gasteiger partial charge in [0.15, 0.2) is 5.03 Å². The maximum Gasteiger partial charge on any atom is 0.262 e. The van der Waals surface area contributed by atoms with E-state index in [9.17, 15) is 8.42 Å². The van der Waals surface area contributed by atoms with Gasteiger partial charge in [0.25, 0.3) is 10.0 Å². The molecule has 7 nitrogen and oxygen atoms in total. The Morgan fingerprint density at radius 1 is 1.38 bits per heavy atom. The third-order valence-corrected chi connectivity index (χ3v) is 8.49. The summed E-state index contributed by atoms with van der Waals surface area (Å²) < 4.78 is 29.0. The summed E-state index contributed by atoms with van der Waals surface area (Å²) in [6, 6.07) is 0.536.